The Bertz CT molecular complexity index is 916. The molecular weight excluding hydrogens is 372 g/mol. The highest BCUT2D eigenvalue weighted by Gasteiger charge is 2.29. The maximum Gasteiger partial charge on any atom is 0.167 e. The van der Waals surface area contributed by atoms with Gasteiger partial charge >= 0.3 is 0 Å². The van der Waals surface area contributed by atoms with E-state index in [9.17, 15) is 13.2 Å². The number of ketones is 1. The van der Waals surface area contributed by atoms with Gasteiger partial charge in [-0.15, -0.1) is 0 Å². The monoisotopic (exact) mass is 400 g/mol. The Morgan fingerprint density at radius 3 is 2.07 bits per heavy atom. The molecule has 1 fully saturated rings. The molecule has 0 radical (unpaired) electrons. The average molecular weight is 401 g/mol. The van der Waals surface area contributed by atoms with E-state index in [-0.39, 0.29) is 11.5 Å². The van der Waals surface area contributed by atoms with Gasteiger partial charge in [0.15, 0.2) is 15.6 Å². The van der Waals surface area contributed by atoms with Crippen LogP contribution in [0, 0.1) is 5.92 Å². The van der Waals surface area contributed by atoms with Crippen LogP contribution < -0.4 is 4.74 Å². The second-order valence-electron chi connectivity index (χ2n) is 8.57. The van der Waals surface area contributed by atoms with E-state index in [1.54, 1.807) is 45.0 Å². The minimum absolute atomic E-state index is 0.0110. The van der Waals surface area contributed by atoms with Crippen molar-refractivity contribution in [3.05, 3.63) is 65.2 Å². The lowest BCUT2D eigenvalue weighted by molar-refractivity contribution is 0.0993. The Morgan fingerprint density at radius 1 is 0.964 bits per heavy atom. The van der Waals surface area contributed by atoms with Crippen molar-refractivity contribution in [2.75, 3.05) is 6.61 Å². The molecule has 0 unspecified atom stereocenters. The minimum atomic E-state index is -3.24. The quantitative estimate of drug-likeness (QED) is 0.607. The lowest BCUT2D eigenvalue weighted by Gasteiger charge is -2.19. The van der Waals surface area contributed by atoms with Crippen LogP contribution in [-0.4, -0.2) is 25.6 Å². The molecule has 1 aliphatic rings. The van der Waals surface area contributed by atoms with Crippen LogP contribution in [0.4, 0.5) is 0 Å². The molecule has 0 saturated heterocycles. The first-order valence-corrected chi connectivity index (χ1v) is 11.4. The fraction of sp³-hybridized carbons (Fsp3) is 0.435. The Labute approximate surface area is 167 Å². The highest BCUT2D eigenvalue weighted by Crippen LogP contribution is 2.29. The van der Waals surface area contributed by atoms with Gasteiger partial charge in [0, 0.05) is 12.0 Å². The maximum atomic E-state index is 12.5. The predicted molar refractivity (Wildman–Crippen MR) is 112 cm³/mol. The molecule has 3 rings (SSSR count). The van der Waals surface area contributed by atoms with E-state index in [4.69, 9.17) is 4.74 Å². The zero-order valence-electron chi connectivity index (χ0n) is 16.8. The molecular formula is C23H28O4S. The van der Waals surface area contributed by atoms with E-state index in [0.717, 1.165) is 17.9 Å². The Balaban J connectivity index is 1.58. The molecule has 150 valence electrons. The number of carbonyl (C=O) groups is 1. The van der Waals surface area contributed by atoms with Gasteiger partial charge < -0.3 is 4.74 Å². The van der Waals surface area contributed by atoms with Gasteiger partial charge in [-0.1, -0.05) is 36.4 Å². The summed E-state index contributed by atoms with van der Waals surface area (Å²) in [7, 11) is -3.24. The highest BCUT2D eigenvalue weighted by molar-refractivity contribution is 7.91. The van der Waals surface area contributed by atoms with Crippen molar-refractivity contribution in [1.82, 2.24) is 0 Å². The van der Waals surface area contributed by atoms with Crippen molar-refractivity contribution in [1.29, 1.82) is 0 Å². The molecule has 1 aliphatic carbocycles. The highest BCUT2D eigenvalue weighted by atomic mass is 32.2. The van der Waals surface area contributed by atoms with Gasteiger partial charge in [0.1, 0.15) is 5.75 Å². The number of hydrogen-bond donors (Lipinski definition) is 0. The zero-order valence-corrected chi connectivity index (χ0v) is 17.6. The van der Waals surface area contributed by atoms with Crippen molar-refractivity contribution in [3.63, 3.8) is 0 Å². The van der Waals surface area contributed by atoms with E-state index >= 15 is 0 Å². The molecule has 0 aliphatic heterocycles. The maximum absolute atomic E-state index is 12.5. The van der Waals surface area contributed by atoms with Gasteiger partial charge in [0.25, 0.3) is 0 Å². The second kappa shape index (κ2) is 8.08. The van der Waals surface area contributed by atoms with Crippen LogP contribution in [-0.2, 0) is 22.0 Å². The van der Waals surface area contributed by atoms with Gasteiger partial charge in [0.2, 0.25) is 0 Å². The average Bonchev–Trinajstić information content (AvgIpc) is 3.45. The van der Waals surface area contributed by atoms with Crippen LogP contribution in [0.15, 0.2) is 48.5 Å². The van der Waals surface area contributed by atoms with Crippen LogP contribution >= 0.6 is 0 Å². The van der Waals surface area contributed by atoms with Crippen molar-refractivity contribution in [3.8, 4) is 5.75 Å². The van der Waals surface area contributed by atoms with Crippen molar-refractivity contribution in [2.24, 2.45) is 5.92 Å². The number of rotatable bonds is 8. The molecule has 0 heterocycles. The molecule has 0 spiro atoms. The second-order valence-corrected chi connectivity index (χ2v) is 11.3. The summed E-state index contributed by atoms with van der Waals surface area (Å²) in [5, 5.41) is 0. The molecule has 4 nitrogen and oxygen atoms in total. The Morgan fingerprint density at radius 2 is 1.54 bits per heavy atom. The van der Waals surface area contributed by atoms with E-state index in [1.165, 1.54) is 12.8 Å². The topological polar surface area (TPSA) is 60.4 Å². The third-order valence-electron chi connectivity index (χ3n) is 5.04. The number of Topliss-reactive ketones (excluding diaryl/α,β-unsaturated/α-hetero) is 1. The van der Waals surface area contributed by atoms with E-state index in [0.29, 0.717) is 23.5 Å². The molecule has 0 aromatic heterocycles. The van der Waals surface area contributed by atoms with Crippen molar-refractivity contribution < 1.29 is 17.9 Å². The van der Waals surface area contributed by atoms with Gasteiger partial charge in [-0.25, -0.2) is 8.42 Å². The van der Waals surface area contributed by atoms with E-state index < -0.39 is 14.6 Å². The standard InChI is InChI=1S/C23H28O4S/c1-23(2,3)28(25,26)16-19-6-10-20(11-7-19)22(24)14-17-8-12-21(13-9-17)27-15-18-4-5-18/h6-13,18H,4-5,14-16H2,1-3H3. The van der Waals surface area contributed by atoms with E-state index in [2.05, 4.69) is 0 Å². The Hall–Kier alpha value is -2.14. The van der Waals surface area contributed by atoms with Crippen LogP contribution in [0.5, 0.6) is 5.75 Å². The van der Waals surface area contributed by atoms with Crippen molar-refractivity contribution >= 4 is 15.6 Å². The summed E-state index contributed by atoms with van der Waals surface area (Å²) in [5.41, 5.74) is 2.22. The first-order chi connectivity index (χ1) is 13.1. The summed E-state index contributed by atoms with van der Waals surface area (Å²) in [6.07, 6.45) is 2.82. The third-order valence-corrected chi connectivity index (χ3v) is 7.62. The largest absolute Gasteiger partial charge is 0.493 e. The number of benzene rings is 2. The molecule has 0 amide bonds. The summed E-state index contributed by atoms with van der Waals surface area (Å²) in [4.78, 5) is 12.5. The lowest BCUT2D eigenvalue weighted by Crippen LogP contribution is -2.29. The van der Waals surface area contributed by atoms with Gasteiger partial charge in [-0.05, 0) is 62.8 Å². The summed E-state index contributed by atoms with van der Waals surface area (Å²) in [5.74, 6) is 1.54. The van der Waals surface area contributed by atoms with E-state index in [1.807, 2.05) is 24.3 Å². The number of hydrogen-bond acceptors (Lipinski definition) is 4. The Kier molecular flexibility index (Phi) is 5.94. The van der Waals surface area contributed by atoms with Crippen molar-refractivity contribution in [2.45, 2.75) is 50.5 Å². The van der Waals surface area contributed by atoms with Crippen LogP contribution in [0.3, 0.4) is 0 Å². The van der Waals surface area contributed by atoms with Gasteiger partial charge in [-0.2, -0.15) is 0 Å². The molecule has 5 heteroatoms. The number of sulfone groups is 1. The zero-order chi connectivity index (χ0) is 20.4. The first kappa shape index (κ1) is 20.6. The molecule has 0 N–H and O–H groups in total. The summed E-state index contributed by atoms with van der Waals surface area (Å²) in [6.45, 7) is 5.86. The summed E-state index contributed by atoms with van der Waals surface area (Å²) < 4.78 is 29.6. The predicted octanol–water partition coefficient (Wildman–Crippen LogP) is 4.61. The van der Waals surface area contributed by atoms with Crippen LogP contribution in [0.1, 0.15) is 55.1 Å². The molecule has 2 aromatic carbocycles. The lowest BCUT2D eigenvalue weighted by atomic mass is 10.0. The first-order valence-electron chi connectivity index (χ1n) is 9.70. The van der Waals surface area contributed by atoms with Gasteiger partial charge in [0.05, 0.1) is 17.1 Å². The number of carbonyl (C=O) groups excluding carboxylic acids is 1. The molecule has 0 bridgehead atoms. The SMILES string of the molecule is CC(C)(C)S(=O)(=O)Cc1ccc(C(=O)Cc2ccc(OCC3CC3)cc2)cc1. The molecule has 2 aromatic rings. The van der Waals surface area contributed by atoms with Crippen LogP contribution in [0.2, 0.25) is 0 Å². The summed E-state index contributed by atoms with van der Waals surface area (Å²) >= 11 is 0. The summed E-state index contributed by atoms with van der Waals surface area (Å²) in [6, 6.07) is 14.5. The molecule has 28 heavy (non-hydrogen) atoms. The fourth-order valence-electron chi connectivity index (χ4n) is 2.71. The van der Waals surface area contributed by atoms with Gasteiger partial charge in [-0.3, -0.25) is 4.79 Å². The minimum Gasteiger partial charge on any atom is -0.493 e. The smallest absolute Gasteiger partial charge is 0.167 e. The number of ether oxygens (including phenoxy) is 1. The fourth-order valence-corrected chi connectivity index (χ4v) is 3.78. The molecule has 0 atom stereocenters. The molecule has 1 saturated carbocycles. The third kappa shape index (κ3) is 5.44. The van der Waals surface area contributed by atoms with Crippen LogP contribution in [0.25, 0.3) is 0 Å². The normalized spacial score (nSPS) is 14.7.